The number of anilines is 1. The number of thiophene rings is 1. The Bertz CT molecular complexity index is 751. The summed E-state index contributed by atoms with van der Waals surface area (Å²) in [5.74, 6) is 1.53. The van der Waals surface area contributed by atoms with Crippen molar-refractivity contribution in [3.63, 3.8) is 0 Å². The van der Waals surface area contributed by atoms with Gasteiger partial charge < -0.3 is 14.6 Å². The van der Waals surface area contributed by atoms with E-state index in [0.29, 0.717) is 28.0 Å². The molecular weight excluding hydrogens is 302 g/mol. The van der Waals surface area contributed by atoms with Gasteiger partial charge in [0.15, 0.2) is 12.4 Å². The first-order chi connectivity index (χ1) is 10.7. The summed E-state index contributed by atoms with van der Waals surface area (Å²) >= 11 is 1.40. The van der Waals surface area contributed by atoms with E-state index in [1.807, 2.05) is 11.4 Å². The SMILES string of the molecule is Cc1noc(COc2ccc(NC(=O)c3cccs3)cc2)n1. The minimum absolute atomic E-state index is 0.120. The van der Waals surface area contributed by atoms with Crippen molar-refractivity contribution in [1.82, 2.24) is 10.1 Å². The van der Waals surface area contributed by atoms with Crippen LogP contribution in [0.15, 0.2) is 46.3 Å². The molecule has 1 N–H and O–H groups in total. The average molecular weight is 315 g/mol. The number of nitrogens with zero attached hydrogens (tertiary/aromatic N) is 2. The number of carbonyl (C=O) groups is 1. The number of ether oxygens (including phenoxy) is 1. The van der Waals surface area contributed by atoms with Crippen LogP contribution < -0.4 is 10.1 Å². The van der Waals surface area contributed by atoms with Crippen LogP contribution in [0.25, 0.3) is 0 Å². The first kappa shape index (κ1) is 14.3. The van der Waals surface area contributed by atoms with Gasteiger partial charge in [-0.1, -0.05) is 11.2 Å². The standard InChI is InChI=1S/C15H13N3O3S/c1-10-16-14(21-18-10)9-20-12-6-4-11(5-7-12)17-15(19)13-3-2-8-22-13/h2-8H,9H2,1H3,(H,17,19). The van der Waals surface area contributed by atoms with Gasteiger partial charge in [-0.3, -0.25) is 4.79 Å². The van der Waals surface area contributed by atoms with E-state index in [4.69, 9.17) is 9.26 Å². The molecule has 112 valence electrons. The summed E-state index contributed by atoms with van der Waals surface area (Å²) in [5, 5.41) is 8.38. The first-order valence-corrected chi connectivity index (χ1v) is 7.45. The molecule has 0 unspecified atom stereocenters. The van der Waals surface area contributed by atoms with E-state index in [0.717, 1.165) is 0 Å². The van der Waals surface area contributed by atoms with Gasteiger partial charge in [-0.05, 0) is 42.6 Å². The van der Waals surface area contributed by atoms with Crippen LogP contribution in [0, 0.1) is 6.92 Å². The van der Waals surface area contributed by atoms with Gasteiger partial charge in [-0.15, -0.1) is 11.3 Å². The molecule has 22 heavy (non-hydrogen) atoms. The van der Waals surface area contributed by atoms with Crippen molar-refractivity contribution in [2.75, 3.05) is 5.32 Å². The minimum Gasteiger partial charge on any atom is -0.484 e. The molecule has 0 saturated carbocycles. The summed E-state index contributed by atoms with van der Waals surface area (Å²) < 4.78 is 10.5. The zero-order chi connectivity index (χ0) is 15.4. The number of carbonyl (C=O) groups excluding carboxylic acids is 1. The van der Waals surface area contributed by atoms with Crippen molar-refractivity contribution in [3.05, 3.63) is 58.4 Å². The fraction of sp³-hybridized carbons (Fsp3) is 0.133. The molecule has 0 aliphatic carbocycles. The first-order valence-electron chi connectivity index (χ1n) is 6.57. The van der Waals surface area contributed by atoms with E-state index < -0.39 is 0 Å². The number of nitrogens with one attached hydrogen (secondary N) is 1. The van der Waals surface area contributed by atoms with Crippen LogP contribution in [0.5, 0.6) is 5.75 Å². The van der Waals surface area contributed by atoms with E-state index >= 15 is 0 Å². The summed E-state index contributed by atoms with van der Waals surface area (Å²) in [6, 6.07) is 10.7. The second-order valence-electron chi connectivity index (χ2n) is 4.48. The third-order valence-corrected chi connectivity index (χ3v) is 3.66. The van der Waals surface area contributed by atoms with Gasteiger partial charge >= 0.3 is 0 Å². The van der Waals surface area contributed by atoms with Gasteiger partial charge in [0.2, 0.25) is 0 Å². The van der Waals surface area contributed by atoms with Crippen LogP contribution in [-0.4, -0.2) is 16.0 Å². The molecule has 0 fully saturated rings. The van der Waals surface area contributed by atoms with Crippen molar-refractivity contribution in [3.8, 4) is 5.75 Å². The summed E-state index contributed by atoms with van der Waals surface area (Å²) in [5.41, 5.74) is 0.708. The van der Waals surface area contributed by atoms with Gasteiger partial charge in [0.05, 0.1) is 4.88 Å². The number of aromatic nitrogens is 2. The van der Waals surface area contributed by atoms with Gasteiger partial charge in [0.1, 0.15) is 5.75 Å². The Hall–Kier alpha value is -2.67. The maximum atomic E-state index is 11.9. The Morgan fingerprint density at radius 3 is 2.77 bits per heavy atom. The van der Waals surface area contributed by atoms with Gasteiger partial charge in [0, 0.05) is 5.69 Å². The Labute approximate surface area is 130 Å². The van der Waals surface area contributed by atoms with Gasteiger partial charge in [0.25, 0.3) is 11.8 Å². The lowest BCUT2D eigenvalue weighted by molar-refractivity contribution is 0.103. The molecule has 3 aromatic rings. The van der Waals surface area contributed by atoms with E-state index in [1.165, 1.54) is 11.3 Å². The monoisotopic (exact) mass is 315 g/mol. The summed E-state index contributed by atoms with van der Waals surface area (Å²) in [7, 11) is 0. The molecule has 0 aliphatic heterocycles. The van der Waals surface area contributed by atoms with Crippen molar-refractivity contribution in [2.45, 2.75) is 13.5 Å². The molecule has 3 rings (SSSR count). The molecule has 6 nitrogen and oxygen atoms in total. The van der Waals surface area contributed by atoms with Crippen LogP contribution in [-0.2, 0) is 6.61 Å². The average Bonchev–Trinajstić information content (AvgIpc) is 3.18. The summed E-state index contributed by atoms with van der Waals surface area (Å²) in [6.07, 6.45) is 0. The Morgan fingerprint density at radius 2 is 2.14 bits per heavy atom. The molecule has 2 aromatic heterocycles. The summed E-state index contributed by atoms with van der Waals surface area (Å²) in [4.78, 5) is 16.6. The largest absolute Gasteiger partial charge is 0.484 e. The number of benzene rings is 1. The predicted octanol–water partition coefficient (Wildman–Crippen LogP) is 3.27. The number of hydrogen-bond acceptors (Lipinski definition) is 6. The van der Waals surface area contributed by atoms with Crippen molar-refractivity contribution in [2.24, 2.45) is 0 Å². The van der Waals surface area contributed by atoms with Gasteiger partial charge in [-0.25, -0.2) is 0 Å². The third-order valence-electron chi connectivity index (χ3n) is 2.79. The topological polar surface area (TPSA) is 77.3 Å². The molecule has 7 heteroatoms. The maximum Gasteiger partial charge on any atom is 0.265 e. The fourth-order valence-electron chi connectivity index (χ4n) is 1.78. The van der Waals surface area contributed by atoms with Crippen molar-refractivity contribution < 1.29 is 14.1 Å². The molecule has 0 bridgehead atoms. The normalized spacial score (nSPS) is 10.4. The highest BCUT2D eigenvalue weighted by Gasteiger charge is 2.07. The molecule has 0 saturated heterocycles. The van der Waals surface area contributed by atoms with E-state index in [1.54, 1.807) is 37.3 Å². The van der Waals surface area contributed by atoms with Crippen LogP contribution in [0.3, 0.4) is 0 Å². The highest BCUT2D eigenvalue weighted by Crippen LogP contribution is 2.18. The lowest BCUT2D eigenvalue weighted by Gasteiger charge is -2.06. The maximum absolute atomic E-state index is 11.9. The minimum atomic E-state index is -0.120. The van der Waals surface area contributed by atoms with E-state index in [9.17, 15) is 4.79 Å². The Morgan fingerprint density at radius 1 is 1.32 bits per heavy atom. The van der Waals surface area contributed by atoms with Crippen LogP contribution in [0.4, 0.5) is 5.69 Å². The fourth-order valence-corrected chi connectivity index (χ4v) is 2.40. The van der Waals surface area contributed by atoms with Crippen LogP contribution in [0.1, 0.15) is 21.4 Å². The molecule has 1 aromatic carbocycles. The lowest BCUT2D eigenvalue weighted by atomic mass is 10.3. The second kappa shape index (κ2) is 6.40. The van der Waals surface area contributed by atoms with E-state index in [2.05, 4.69) is 15.5 Å². The molecule has 0 aliphatic rings. The zero-order valence-electron chi connectivity index (χ0n) is 11.8. The predicted molar refractivity (Wildman–Crippen MR) is 82.1 cm³/mol. The molecule has 0 atom stereocenters. The number of amides is 1. The summed E-state index contributed by atoms with van der Waals surface area (Å²) in [6.45, 7) is 1.96. The number of hydrogen-bond donors (Lipinski definition) is 1. The smallest absolute Gasteiger partial charge is 0.265 e. The highest BCUT2D eigenvalue weighted by molar-refractivity contribution is 7.12. The molecule has 1 amide bonds. The van der Waals surface area contributed by atoms with Crippen LogP contribution >= 0.6 is 11.3 Å². The van der Waals surface area contributed by atoms with Crippen molar-refractivity contribution >= 4 is 22.9 Å². The van der Waals surface area contributed by atoms with Crippen LogP contribution in [0.2, 0.25) is 0 Å². The zero-order valence-corrected chi connectivity index (χ0v) is 12.6. The van der Waals surface area contributed by atoms with Gasteiger partial charge in [-0.2, -0.15) is 4.98 Å². The quantitative estimate of drug-likeness (QED) is 0.782. The van der Waals surface area contributed by atoms with Crippen molar-refractivity contribution in [1.29, 1.82) is 0 Å². The molecule has 0 spiro atoms. The Kier molecular flexibility index (Phi) is 4.15. The Balaban J connectivity index is 1.57. The lowest BCUT2D eigenvalue weighted by Crippen LogP contribution is -2.09. The van der Waals surface area contributed by atoms with E-state index in [-0.39, 0.29) is 12.5 Å². The number of aryl methyl sites for hydroxylation is 1. The third kappa shape index (κ3) is 3.50. The molecular formula is C15H13N3O3S. The number of rotatable bonds is 5. The second-order valence-corrected chi connectivity index (χ2v) is 5.43. The molecule has 0 radical (unpaired) electrons. The molecule has 2 heterocycles. The highest BCUT2D eigenvalue weighted by atomic mass is 32.1.